The van der Waals surface area contributed by atoms with Crippen LogP contribution < -0.4 is 21.3 Å². The van der Waals surface area contributed by atoms with Crippen molar-refractivity contribution in [3.8, 4) is 0 Å². The maximum absolute atomic E-state index is 14.0. The number of benzene rings is 2. The van der Waals surface area contributed by atoms with Crippen LogP contribution in [0, 0.1) is 11.6 Å². The van der Waals surface area contributed by atoms with Crippen molar-refractivity contribution in [1.82, 2.24) is 19.4 Å². The zero-order valence-corrected chi connectivity index (χ0v) is 25.5. The number of piperidine rings is 1. The number of aromatic nitrogens is 2. The fraction of sp³-hybridized carbons (Fsp3) is 0.273. The van der Waals surface area contributed by atoms with Crippen LogP contribution in [0.3, 0.4) is 0 Å². The van der Waals surface area contributed by atoms with Gasteiger partial charge < -0.3 is 35.3 Å². The minimum absolute atomic E-state index is 0.177. The highest BCUT2D eigenvalue weighted by atomic mass is 19.1. The third-order valence-corrected chi connectivity index (χ3v) is 7.71. The first-order valence-corrected chi connectivity index (χ1v) is 14.9. The van der Waals surface area contributed by atoms with E-state index in [2.05, 4.69) is 26.2 Å². The van der Waals surface area contributed by atoms with Gasteiger partial charge in [-0.3, -0.25) is 19.2 Å². The molecule has 0 saturated carbocycles. The molecule has 2 aromatic heterocycles. The Bertz CT molecular complexity index is 1780. The highest BCUT2D eigenvalue weighted by Crippen LogP contribution is 2.20. The molecule has 240 valence electrons. The zero-order valence-electron chi connectivity index (χ0n) is 25.5. The Labute approximate surface area is 264 Å². The van der Waals surface area contributed by atoms with E-state index in [0.717, 1.165) is 31.8 Å². The molecule has 0 atom stereocenters. The summed E-state index contributed by atoms with van der Waals surface area (Å²) in [7, 11) is 3.25. The summed E-state index contributed by atoms with van der Waals surface area (Å²) in [5, 5.41) is 11.0. The highest BCUT2D eigenvalue weighted by molar-refractivity contribution is 6.08. The molecule has 1 fully saturated rings. The number of nitrogens with one attached hydrogen (secondary N) is 4. The smallest absolute Gasteiger partial charge is 0.272 e. The van der Waals surface area contributed by atoms with Crippen LogP contribution in [0.1, 0.15) is 61.0 Å². The molecule has 46 heavy (non-hydrogen) atoms. The lowest BCUT2D eigenvalue weighted by atomic mass is 10.1. The molecule has 2 aromatic carbocycles. The van der Waals surface area contributed by atoms with E-state index in [0.29, 0.717) is 29.5 Å². The average Bonchev–Trinajstić information content (AvgIpc) is 3.58. The fourth-order valence-corrected chi connectivity index (χ4v) is 5.33. The Morgan fingerprint density at radius 2 is 1.30 bits per heavy atom. The second-order valence-corrected chi connectivity index (χ2v) is 11.2. The van der Waals surface area contributed by atoms with Gasteiger partial charge in [-0.25, -0.2) is 8.78 Å². The molecule has 5 rings (SSSR count). The molecule has 4 N–H and O–H groups in total. The van der Waals surface area contributed by atoms with Gasteiger partial charge in [0.2, 0.25) is 0 Å². The molecule has 4 amide bonds. The molecule has 0 bridgehead atoms. The summed E-state index contributed by atoms with van der Waals surface area (Å²) >= 11 is 0. The van der Waals surface area contributed by atoms with Gasteiger partial charge in [0, 0.05) is 56.9 Å². The summed E-state index contributed by atoms with van der Waals surface area (Å²) in [6, 6.07) is 12.2. The van der Waals surface area contributed by atoms with Crippen LogP contribution in [0.15, 0.2) is 67.0 Å². The summed E-state index contributed by atoms with van der Waals surface area (Å²) in [6.07, 6.45) is 6.67. The topological polar surface area (TPSA) is 130 Å². The van der Waals surface area contributed by atoms with E-state index in [9.17, 15) is 28.0 Å². The summed E-state index contributed by atoms with van der Waals surface area (Å²) in [5.74, 6) is -3.79. The fourth-order valence-electron chi connectivity index (χ4n) is 5.33. The van der Waals surface area contributed by atoms with Crippen molar-refractivity contribution in [2.45, 2.75) is 19.3 Å². The van der Waals surface area contributed by atoms with Gasteiger partial charge in [-0.05, 0) is 68.4 Å². The van der Waals surface area contributed by atoms with Crippen molar-refractivity contribution >= 4 is 40.7 Å². The molecule has 4 aromatic rings. The number of likely N-dealkylation sites (tertiary alicyclic amines) is 1. The standard InChI is InChI=1S/C33H35F2N7O4/c1-40-19-24(38-31(44)26-10-9-22(34)16-27(26)35)17-29(40)33(46)39-25-18-28(41(2)20-25)32(45)37-23-8-6-7-21(15-23)30(43)36-11-14-42-12-4-3-5-13-42/h6-10,15-20H,3-5,11-14H2,1-2H3,(H,36,43)(H,37,45)(H,38,44)(H,39,46). The Balaban J connectivity index is 1.17. The van der Waals surface area contributed by atoms with E-state index in [1.54, 1.807) is 49.1 Å². The molecule has 0 spiro atoms. The minimum atomic E-state index is -1.01. The molecular weight excluding hydrogens is 596 g/mol. The van der Waals surface area contributed by atoms with E-state index in [1.807, 2.05) is 0 Å². The van der Waals surface area contributed by atoms with Crippen molar-refractivity contribution in [3.63, 3.8) is 0 Å². The van der Waals surface area contributed by atoms with Gasteiger partial charge in [-0.1, -0.05) is 12.5 Å². The number of anilines is 3. The molecule has 1 aliphatic heterocycles. The number of carbonyl (C=O) groups is 4. The van der Waals surface area contributed by atoms with Crippen LogP contribution in [0.25, 0.3) is 0 Å². The third kappa shape index (κ3) is 7.85. The van der Waals surface area contributed by atoms with Gasteiger partial charge in [0.05, 0.1) is 16.9 Å². The van der Waals surface area contributed by atoms with Crippen LogP contribution in [0.5, 0.6) is 0 Å². The number of carbonyl (C=O) groups excluding carboxylic acids is 4. The molecule has 11 nitrogen and oxygen atoms in total. The lowest BCUT2D eigenvalue weighted by Gasteiger charge is -2.26. The lowest BCUT2D eigenvalue weighted by molar-refractivity contribution is 0.0944. The van der Waals surface area contributed by atoms with Crippen LogP contribution in [-0.4, -0.2) is 63.8 Å². The van der Waals surface area contributed by atoms with Gasteiger partial charge in [0.25, 0.3) is 23.6 Å². The molecular formula is C33H35F2N7O4. The molecule has 0 unspecified atom stereocenters. The van der Waals surface area contributed by atoms with Gasteiger partial charge in [0.1, 0.15) is 23.0 Å². The first-order chi connectivity index (χ1) is 22.1. The van der Waals surface area contributed by atoms with E-state index in [-0.39, 0.29) is 28.5 Å². The zero-order chi connectivity index (χ0) is 32.8. The Hall–Kier alpha value is -5.30. The van der Waals surface area contributed by atoms with Gasteiger partial charge in [-0.2, -0.15) is 0 Å². The quantitative estimate of drug-likeness (QED) is 0.203. The summed E-state index contributed by atoms with van der Waals surface area (Å²) in [5.41, 5.74) is 1.54. The number of amides is 4. The maximum atomic E-state index is 14.0. The number of hydrogen-bond acceptors (Lipinski definition) is 5. The second kappa shape index (κ2) is 14.2. The van der Waals surface area contributed by atoms with Crippen LogP contribution in [-0.2, 0) is 14.1 Å². The second-order valence-electron chi connectivity index (χ2n) is 11.2. The first kappa shape index (κ1) is 32.1. The Morgan fingerprint density at radius 3 is 1.93 bits per heavy atom. The SMILES string of the molecule is Cn1cc(NC(=O)c2ccc(F)cc2F)cc1C(=O)Nc1cc(C(=O)Nc2cccc(C(=O)NCCN3CCCCC3)c2)n(C)c1. The first-order valence-electron chi connectivity index (χ1n) is 14.9. The number of rotatable bonds is 10. The predicted molar refractivity (Wildman–Crippen MR) is 170 cm³/mol. The van der Waals surface area contributed by atoms with Crippen LogP contribution in [0.2, 0.25) is 0 Å². The number of halogens is 2. The summed E-state index contributed by atoms with van der Waals surface area (Å²) in [6.45, 7) is 3.45. The summed E-state index contributed by atoms with van der Waals surface area (Å²) in [4.78, 5) is 53.7. The average molecular weight is 632 g/mol. The molecule has 1 aliphatic rings. The largest absolute Gasteiger partial charge is 0.351 e. The van der Waals surface area contributed by atoms with Gasteiger partial charge in [0.15, 0.2) is 0 Å². The molecule has 0 radical (unpaired) electrons. The van der Waals surface area contributed by atoms with Crippen molar-refractivity contribution in [1.29, 1.82) is 0 Å². The Kier molecular flexibility index (Phi) is 9.91. The molecule has 0 aliphatic carbocycles. The lowest BCUT2D eigenvalue weighted by Crippen LogP contribution is -2.37. The molecule has 13 heteroatoms. The van der Waals surface area contributed by atoms with Crippen molar-refractivity contribution in [2.75, 3.05) is 42.1 Å². The number of hydrogen-bond donors (Lipinski definition) is 4. The van der Waals surface area contributed by atoms with Gasteiger partial charge in [-0.15, -0.1) is 0 Å². The minimum Gasteiger partial charge on any atom is -0.351 e. The van der Waals surface area contributed by atoms with E-state index in [1.165, 1.54) is 42.2 Å². The highest BCUT2D eigenvalue weighted by Gasteiger charge is 2.19. The maximum Gasteiger partial charge on any atom is 0.272 e. The van der Waals surface area contributed by atoms with Crippen molar-refractivity contribution in [2.24, 2.45) is 14.1 Å². The van der Waals surface area contributed by atoms with E-state index >= 15 is 0 Å². The monoisotopic (exact) mass is 631 g/mol. The normalized spacial score (nSPS) is 13.2. The van der Waals surface area contributed by atoms with Crippen LogP contribution in [0.4, 0.5) is 25.8 Å². The number of nitrogens with zero attached hydrogens (tertiary/aromatic N) is 3. The van der Waals surface area contributed by atoms with Crippen LogP contribution >= 0.6 is 0 Å². The Morgan fingerprint density at radius 1 is 0.696 bits per heavy atom. The summed E-state index contributed by atoms with van der Waals surface area (Å²) < 4.78 is 30.2. The van der Waals surface area contributed by atoms with Crippen molar-refractivity contribution in [3.05, 3.63) is 101 Å². The number of aryl methyl sites for hydroxylation is 2. The third-order valence-electron chi connectivity index (χ3n) is 7.71. The predicted octanol–water partition coefficient (Wildman–Crippen LogP) is 4.61. The molecule has 3 heterocycles. The van der Waals surface area contributed by atoms with E-state index in [4.69, 9.17) is 0 Å². The molecule has 1 saturated heterocycles. The van der Waals surface area contributed by atoms with Crippen molar-refractivity contribution < 1.29 is 28.0 Å². The van der Waals surface area contributed by atoms with Gasteiger partial charge >= 0.3 is 0 Å². The van der Waals surface area contributed by atoms with E-state index < -0.39 is 29.4 Å².